The first kappa shape index (κ1) is 19.2. The van der Waals surface area contributed by atoms with Crippen LogP contribution in [0.25, 0.3) is 10.2 Å². The van der Waals surface area contributed by atoms with Gasteiger partial charge in [0.15, 0.2) is 0 Å². The minimum absolute atomic E-state index is 0.338. The molecule has 6 nitrogen and oxygen atoms in total. The number of ether oxygens (including phenoxy) is 1. The second-order valence-corrected chi connectivity index (χ2v) is 9.76. The highest BCUT2D eigenvalue weighted by molar-refractivity contribution is 7.92. The van der Waals surface area contributed by atoms with Crippen molar-refractivity contribution < 1.29 is 13.2 Å². The maximum atomic E-state index is 13.2. The lowest BCUT2D eigenvalue weighted by molar-refractivity contribution is 0.263. The minimum Gasteiger partial charge on any atom is -0.496 e. The van der Waals surface area contributed by atoms with Crippen LogP contribution in [0.15, 0.2) is 40.7 Å². The summed E-state index contributed by atoms with van der Waals surface area (Å²) in [6.45, 7) is 0. The molecule has 1 aliphatic carbocycles. The predicted octanol–water partition coefficient (Wildman–Crippen LogP) is 3.52. The number of nitrogens with one attached hydrogen (secondary N) is 1. The van der Waals surface area contributed by atoms with Gasteiger partial charge in [-0.1, -0.05) is 0 Å². The van der Waals surface area contributed by atoms with Crippen LogP contribution in [0, 0.1) is 0 Å². The van der Waals surface area contributed by atoms with Crippen LogP contribution in [0.2, 0.25) is 0 Å². The summed E-state index contributed by atoms with van der Waals surface area (Å²) >= 11 is 1.49. The van der Waals surface area contributed by atoms with Crippen LogP contribution in [0.5, 0.6) is 5.75 Å². The van der Waals surface area contributed by atoms with Gasteiger partial charge in [0.1, 0.15) is 5.75 Å². The molecule has 1 aliphatic rings. The van der Waals surface area contributed by atoms with Crippen molar-refractivity contribution in [1.29, 1.82) is 0 Å². The zero-order valence-corrected chi connectivity index (χ0v) is 17.7. The van der Waals surface area contributed by atoms with Gasteiger partial charge in [0, 0.05) is 11.6 Å². The van der Waals surface area contributed by atoms with Gasteiger partial charge >= 0.3 is 0 Å². The number of benzene rings is 2. The normalized spacial score (nSPS) is 16.9. The first-order valence-corrected chi connectivity index (χ1v) is 11.5. The van der Waals surface area contributed by atoms with Crippen LogP contribution in [-0.2, 0) is 22.9 Å². The van der Waals surface area contributed by atoms with Gasteiger partial charge in [-0.15, -0.1) is 11.3 Å². The Hall–Kier alpha value is -2.16. The van der Waals surface area contributed by atoms with Crippen LogP contribution in [0.3, 0.4) is 0 Å². The number of rotatable bonds is 5. The molecule has 0 amide bonds. The van der Waals surface area contributed by atoms with Gasteiger partial charge < -0.3 is 9.64 Å². The summed E-state index contributed by atoms with van der Waals surface area (Å²) in [4.78, 5) is 6.76. The Kier molecular flexibility index (Phi) is 5.03. The number of thiazole rings is 1. The Labute approximate surface area is 169 Å². The van der Waals surface area contributed by atoms with E-state index in [-0.39, 0.29) is 0 Å². The Morgan fingerprint density at radius 2 is 2.04 bits per heavy atom. The van der Waals surface area contributed by atoms with E-state index in [1.165, 1.54) is 11.3 Å². The van der Waals surface area contributed by atoms with Gasteiger partial charge in [0.05, 0.1) is 33.4 Å². The first-order valence-electron chi connectivity index (χ1n) is 9.10. The first-order chi connectivity index (χ1) is 13.4. The average Bonchev–Trinajstić information content (AvgIpc) is 3.13. The van der Waals surface area contributed by atoms with Crippen LogP contribution < -0.4 is 9.46 Å². The summed E-state index contributed by atoms with van der Waals surface area (Å²) in [7, 11) is 2.04. The summed E-state index contributed by atoms with van der Waals surface area (Å²) in [6, 6.07) is 9.19. The molecule has 0 saturated heterocycles. The van der Waals surface area contributed by atoms with Gasteiger partial charge in [-0.25, -0.2) is 13.4 Å². The van der Waals surface area contributed by atoms with Crippen LogP contribution in [0.1, 0.15) is 17.5 Å². The van der Waals surface area contributed by atoms with Crippen LogP contribution in [-0.4, -0.2) is 45.5 Å². The van der Waals surface area contributed by atoms with Crippen LogP contribution in [0.4, 0.5) is 5.69 Å². The Balaban J connectivity index is 1.72. The SMILES string of the molecule is COc1ccc(S(=O)(=O)Nc2ccc3ncsc3c2)c2c1C[C@@H](N(C)C)CC2. The molecule has 28 heavy (non-hydrogen) atoms. The van der Waals surface area contributed by atoms with Crippen molar-refractivity contribution in [2.45, 2.75) is 30.2 Å². The van der Waals surface area contributed by atoms with Gasteiger partial charge in [-0.05, 0) is 69.3 Å². The van der Waals surface area contributed by atoms with Crippen molar-refractivity contribution in [2.75, 3.05) is 25.9 Å². The van der Waals surface area contributed by atoms with E-state index in [4.69, 9.17) is 4.74 Å². The molecule has 4 rings (SSSR count). The van der Waals surface area contributed by atoms with Crippen molar-refractivity contribution in [3.63, 3.8) is 0 Å². The highest BCUT2D eigenvalue weighted by Gasteiger charge is 2.29. The van der Waals surface area contributed by atoms with E-state index in [2.05, 4.69) is 28.7 Å². The highest BCUT2D eigenvalue weighted by Crippen LogP contribution is 2.36. The lowest BCUT2D eigenvalue weighted by Crippen LogP contribution is -2.34. The molecule has 0 spiro atoms. The second-order valence-electron chi connectivity index (χ2n) is 7.22. The molecular formula is C20H23N3O3S2. The molecule has 0 saturated carbocycles. The molecule has 8 heteroatoms. The molecule has 2 aromatic carbocycles. The number of aromatic nitrogens is 1. The third-order valence-corrected chi connectivity index (χ3v) is 7.59. The summed E-state index contributed by atoms with van der Waals surface area (Å²) in [6.07, 6.45) is 2.41. The van der Waals surface area contributed by atoms with Gasteiger partial charge in [-0.3, -0.25) is 4.72 Å². The van der Waals surface area contributed by atoms with Crippen molar-refractivity contribution in [3.05, 3.63) is 47.0 Å². The molecular weight excluding hydrogens is 394 g/mol. The molecule has 1 atom stereocenters. The van der Waals surface area contributed by atoms with Gasteiger partial charge in [0.2, 0.25) is 0 Å². The monoisotopic (exact) mass is 417 g/mol. The van der Waals surface area contributed by atoms with E-state index in [0.29, 0.717) is 23.0 Å². The summed E-state index contributed by atoms with van der Waals surface area (Å²) in [5.41, 5.74) is 5.02. The number of anilines is 1. The number of hydrogen-bond donors (Lipinski definition) is 1. The van der Waals surface area contributed by atoms with Gasteiger partial charge in [0.25, 0.3) is 10.0 Å². The summed E-state index contributed by atoms with van der Waals surface area (Å²) < 4.78 is 35.6. The highest BCUT2D eigenvalue weighted by atomic mass is 32.2. The zero-order chi connectivity index (χ0) is 19.9. The number of fused-ring (bicyclic) bond motifs is 2. The minimum atomic E-state index is -3.70. The van der Waals surface area contributed by atoms with E-state index in [0.717, 1.165) is 39.9 Å². The predicted molar refractivity (Wildman–Crippen MR) is 113 cm³/mol. The van der Waals surface area contributed by atoms with Crippen molar-refractivity contribution in [1.82, 2.24) is 9.88 Å². The molecule has 3 aromatic rings. The number of methoxy groups -OCH3 is 1. The Bertz CT molecular complexity index is 1120. The van der Waals surface area contributed by atoms with Gasteiger partial charge in [-0.2, -0.15) is 0 Å². The fourth-order valence-electron chi connectivity index (χ4n) is 3.81. The van der Waals surface area contributed by atoms with Crippen molar-refractivity contribution in [2.24, 2.45) is 0 Å². The molecule has 1 aromatic heterocycles. The van der Waals surface area contributed by atoms with E-state index >= 15 is 0 Å². The molecule has 1 N–H and O–H groups in total. The largest absolute Gasteiger partial charge is 0.496 e. The smallest absolute Gasteiger partial charge is 0.262 e. The standard InChI is InChI=1S/C20H23N3O3S2/c1-23(2)14-5-6-15-16(11-14)18(26-3)8-9-20(15)28(24,25)22-13-4-7-17-19(10-13)27-12-21-17/h4,7-10,12,14,22H,5-6,11H2,1-3H3/t14-/m0/s1. The molecule has 0 radical (unpaired) electrons. The summed E-state index contributed by atoms with van der Waals surface area (Å²) in [5, 5.41) is 0. The quantitative estimate of drug-likeness (QED) is 0.688. The third kappa shape index (κ3) is 3.47. The number of likely N-dealkylation sites (N-methyl/N-ethyl adjacent to an activating group) is 1. The molecule has 0 fully saturated rings. The maximum Gasteiger partial charge on any atom is 0.262 e. The van der Waals surface area contributed by atoms with Crippen molar-refractivity contribution in [3.8, 4) is 5.75 Å². The van der Waals surface area contributed by atoms with E-state index in [1.807, 2.05) is 12.1 Å². The maximum absolute atomic E-state index is 13.2. The number of hydrogen-bond acceptors (Lipinski definition) is 6. The number of sulfonamides is 1. The fourth-order valence-corrected chi connectivity index (χ4v) is 5.87. The van der Waals surface area contributed by atoms with E-state index < -0.39 is 10.0 Å². The zero-order valence-electron chi connectivity index (χ0n) is 16.1. The van der Waals surface area contributed by atoms with E-state index in [9.17, 15) is 8.42 Å². The molecule has 0 bridgehead atoms. The molecule has 0 aliphatic heterocycles. The average molecular weight is 418 g/mol. The Morgan fingerprint density at radius 1 is 1.21 bits per heavy atom. The van der Waals surface area contributed by atoms with Crippen LogP contribution >= 0.6 is 11.3 Å². The molecule has 148 valence electrons. The topological polar surface area (TPSA) is 71.5 Å². The number of nitrogens with zero attached hydrogens (tertiary/aromatic N) is 2. The lowest BCUT2D eigenvalue weighted by Gasteiger charge is -2.31. The molecule has 1 heterocycles. The fraction of sp³-hybridized carbons (Fsp3) is 0.350. The van der Waals surface area contributed by atoms with E-state index in [1.54, 1.807) is 30.8 Å². The Morgan fingerprint density at radius 3 is 2.79 bits per heavy atom. The molecule has 0 unspecified atom stereocenters. The van der Waals surface area contributed by atoms with Crippen molar-refractivity contribution >= 4 is 37.3 Å². The second kappa shape index (κ2) is 7.35. The summed E-state index contributed by atoms with van der Waals surface area (Å²) in [5.74, 6) is 0.756. The third-order valence-electron chi connectivity index (χ3n) is 5.34. The lowest BCUT2D eigenvalue weighted by atomic mass is 9.87.